The zero-order chi connectivity index (χ0) is 13.9. The molecule has 0 aliphatic rings. The summed E-state index contributed by atoms with van der Waals surface area (Å²) >= 11 is 3.43. The van der Waals surface area contributed by atoms with Gasteiger partial charge in [-0.2, -0.15) is 0 Å². The van der Waals surface area contributed by atoms with Crippen molar-refractivity contribution in [2.45, 2.75) is 11.5 Å². The molecule has 4 nitrogen and oxygen atoms in total. The number of hydrogen-bond acceptors (Lipinski definition) is 4. The average Bonchev–Trinajstić information content (AvgIpc) is 2.46. The molecule has 0 fully saturated rings. The molecule has 0 aliphatic heterocycles. The van der Waals surface area contributed by atoms with E-state index in [-0.39, 0.29) is 6.16 Å². The topological polar surface area (TPSA) is 48.4 Å². The Morgan fingerprint density at radius 1 is 1.26 bits per heavy atom. The SMILES string of the molecule is COP(=O)(Cc1nc2ccccc2cc1CBr)OC. The largest absolute Gasteiger partial charge is 0.336 e. The fourth-order valence-electron chi connectivity index (χ4n) is 1.84. The van der Waals surface area contributed by atoms with E-state index in [1.165, 1.54) is 14.2 Å². The Morgan fingerprint density at radius 3 is 2.58 bits per heavy atom. The molecule has 2 aromatic rings. The quantitative estimate of drug-likeness (QED) is 0.605. The van der Waals surface area contributed by atoms with Gasteiger partial charge in [-0.25, -0.2) is 0 Å². The number of nitrogens with zero attached hydrogens (tertiary/aromatic N) is 1. The van der Waals surface area contributed by atoms with Gasteiger partial charge in [-0.3, -0.25) is 9.55 Å². The van der Waals surface area contributed by atoms with Crippen molar-refractivity contribution in [2.75, 3.05) is 14.2 Å². The van der Waals surface area contributed by atoms with Crippen LogP contribution in [0.15, 0.2) is 30.3 Å². The van der Waals surface area contributed by atoms with Crippen LogP contribution in [0.1, 0.15) is 11.3 Å². The Kier molecular flexibility index (Phi) is 4.74. The number of fused-ring (bicyclic) bond motifs is 1. The zero-order valence-corrected chi connectivity index (χ0v) is 13.3. The lowest BCUT2D eigenvalue weighted by Crippen LogP contribution is -2.00. The van der Waals surface area contributed by atoms with Gasteiger partial charge in [-0.15, -0.1) is 0 Å². The molecule has 19 heavy (non-hydrogen) atoms. The molecule has 102 valence electrons. The highest BCUT2D eigenvalue weighted by atomic mass is 79.9. The normalized spacial score (nSPS) is 11.9. The summed E-state index contributed by atoms with van der Waals surface area (Å²) in [6.07, 6.45) is 0.172. The Bertz CT molecular complexity index is 624. The highest BCUT2D eigenvalue weighted by Crippen LogP contribution is 2.50. The Labute approximate surface area is 120 Å². The molecule has 0 spiro atoms. The zero-order valence-electron chi connectivity index (χ0n) is 10.8. The van der Waals surface area contributed by atoms with E-state index in [4.69, 9.17) is 9.05 Å². The monoisotopic (exact) mass is 343 g/mol. The maximum Gasteiger partial charge on any atom is 0.336 e. The minimum Gasteiger partial charge on any atom is -0.312 e. The molecule has 0 radical (unpaired) electrons. The Morgan fingerprint density at radius 2 is 1.95 bits per heavy atom. The number of aromatic nitrogens is 1. The van der Waals surface area contributed by atoms with Gasteiger partial charge in [0.15, 0.2) is 0 Å². The summed E-state index contributed by atoms with van der Waals surface area (Å²) in [5.41, 5.74) is 2.61. The Hall–Kier alpha value is -0.740. The molecule has 1 heterocycles. The molecule has 0 amide bonds. The number of alkyl halides is 1. The molecule has 0 N–H and O–H groups in total. The maximum absolute atomic E-state index is 12.2. The van der Waals surface area contributed by atoms with Crippen molar-refractivity contribution in [3.05, 3.63) is 41.6 Å². The van der Waals surface area contributed by atoms with Crippen molar-refractivity contribution >= 4 is 34.4 Å². The predicted molar refractivity (Wildman–Crippen MR) is 79.7 cm³/mol. The third kappa shape index (κ3) is 3.23. The lowest BCUT2D eigenvalue weighted by Gasteiger charge is -2.15. The summed E-state index contributed by atoms with van der Waals surface area (Å²) in [7, 11) is -0.328. The maximum atomic E-state index is 12.2. The predicted octanol–water partition coefficient (Wildman–Crippen LogP) is 4.12. The van der Waals surface area contributed by atoms with Crippen LogP contribution in [0.2, 0.25) is 0 Å². The number of rotatable bonds is 5. The van der Waals surface area contributed by atoms with Gasteiger partial charge in [0, 0.05) is 24.9 Å². The van der Waals surface area contributed by atoms with Crippen LogP contribution in [0.3, 0.4) is 0 Å². The second kappa shape index (κ2) is 6.14. The van der Waals surface area contributed by atoms with Gasteiger partial charge in [0.2, 0.25) is 0 Å². The van der Waals surface area contributed by atoms with E-state index >= 15 is 0 Å². The van der Waals surface area contributed by atoms with Gasteiger partial charge < -0.3 is 9.05 Å². The van der Waals surface area contributed by atoms with E-state index in [0.717, 1.165) is 22.2 Å². The number of hydrogen-bond donors (Lipinski definition) is 0. The first kappa shape index (κ1) is 14.7. The van der Waals surface area contributed by atoms with E-state index < -0.39 is 7.60 Å². The summed E-state index contributed by atoms with van der Waals surface area (Å²) in [6, 6.07) is 9.88. The van der Waals surface area contributed by atoms with Crippen molar-refractivity contribution in [1.82, 2.24) is 4.98 Å². The number of benzene rings is 1. The van der Waals surface area contributed by atoms with Gasteiger partial charge in [0.25, 0.3) is 0 Å². The molecule has 0 saturated carbocycles. The average molecular weight is 344 g/mol. The number of pyridine rings is 1. The molecule has 0 bridgehead atoms. The minimum atomic E-state index is -3.10. The second-order valence-electron chi connectivity index (χ2n) is 4.05. The van der Waals surface area contributed by atoms with E-state index in [9.17, 15) is 4.57 Å². The van der Waals surface area contributed by atoms with Crippen LogP contribution in [0, 0.1) is 0 Å². The lowest BCUT2D eigenvalue weighted by molar-refractivity contribution is 0.274. The fourth-order valence-corrected chi connectivity index (χ4v) is 3.37. The van der Waals surface area contributed by atoms with Crippen molar-refractivity contribution in [3.8, 4) is 0 Å². The van der Waals surface area contributed by atoms with Crippen LogP contribution in [-0.2, 0) is 25.1 Å². The molecule has 0 atom stereocenters. The lowest BCUT2D eigenvalue weighted by atomic mass is 10.1. The molecule has 6 heteroatoms. The molecule has 1 aromatic carbocycles. The molecule has 1 aromatic heterocycles. The first-order chi connectivity index (χ1) is 9.11. The summed E-state index contributed by atoms with van der Waals surface area (Å²) in [4.78, 5) is 4.56. The Balaban J connectivity index is 2.49. The highest BCUT2D eigenvalue weighted by Gasteiger charge is 2.24. The van der Waals surface area contributed by atoms with Crippen molar-refractivity contribution < 1.29 is 13.6 Å². The van der Waals surface area contributed by atoms with Crippen molar-refractivity contribution in [1.29, 1.82) is 0 Å². The van der Waals surface area contributed by atoms with Crippen LogP contribution < -0.4 is 0 Å². The van der Waals surface area contributed by atoms with Crippen molar-refractivity contribution in [3.63, 3.8) is 0 Å². The van der Waals surface area contributed by atoms with Crippen LogP contribution in [0.25, 0.3) is 10.9 Å². The molecule has 0 saturated heterocycles. The first-order valence-electron chi connectivity index (χ1n) is 5.76. The molecular formula is C13H15BrNO3P. The summed E-state index contributed by atoms with van der Waals surface area (Å²) in [5.74, 6) is 0. The standard InChI is InChI=1S/C13H15BrNO3P/c1-17-19(16,18-2)9-13-11(8-14)7-10-5-3-4-6-12(10)15-13/h3-7H,8-9H2,1-2H3. The second-order valence-corrected chi connectivity index (χ2v) is 6.88. The molecule has 2 rings (SSSR count). The highest BCUT2D eigenvalue weighted by molar-refractivity contribution is 9.08. The minimum absolute atomic E-state index is 0.172. The van der Waals surface area contributed by atoms with Gasteiger partial charge in [0.05, 0.1) is 17.4 Å². The van der Waals surface area contributed by atoms with Crippen LogP contribution in [0.5, 0.6) is 0 Å². The summed E-state index contributed by atoms with van der Waals surface area (Å²) in [5, 5.41) is 1.71. The van der Waals surface area contributed by atoms with Gasteiger partial charge in [0.1, 0.15) is 0 Å². The van der Waals surface area contributed by atoms with E-state index in [1.807, 2.05) is 30.3 Å². The van der Waals surface area contributed by atoms with E-state index in [2.05, 4.69) is 20.9 Å². The number of para-hydroxylation sites is 1. The van der Waals surface area contributed by atoms with Gasteiger partial charge in [-0.05, 0) is 17.7 Å². The van der Waals surface area contributed by atoms with Gasteiger partial charge in [-0.1, -0.05) is 34.1 Å². The fraction of sp³-hybridized carbons (Fsp3) is 0.308. The van der Waals surface area contributed by atoms with Crippen molar-refractivity contribution in [2.24, 2.45) is 0 Å². The molecule has 0 unspecified atom stereocenters. The van der Waals surface area contributed by atoms with Crippen LogP contribution >= 0.6 is 23.5 Å². The molecule has 0 aliphatic carbocycles. The third-order valence-corrected chi connectivity index (χ3v) is 5.34. The smallest absolute Gasteiger partial charge is 0.312 e. The summed E-state index contributed by atoms with van der Waals surface area (Å²) < 4.78 is 22.2. The van der Waals surface area contributed by atoms with E-state index in [0.29, 0.717) is 5.33 Å². The van der Waals surface area contributed by atoms with E-state index in [1.54, 1.807) is 0 Å². The molecular weight excluding hydrogens is 329 g/mol. The van der Waals surface area contributed by atoms with Crippen LogP contribution in [0.4, 0.5) is 0 Å². The van der Waals surface area contributed by atoms with Crippen LogP contribution in [-0.4, -0.2) is 19.2 Å². The first-order valence-corrected chi connectivity index (χ1v) is 8.61. The summed E-state index contributed by atoms with van der Waals surface area (Å²) in [6.45, 7) is 0. The number of halogens is 1. The third-order valence-electron chi connectivity index (χ3n) is 2.94. The van der Waals surface area contributed by atoms with Gasteiger partial charge >= 0.3 is 7.60 Å².